The predicted octanol–water partition coefficient (Wildman–Crippen LogP) is 2.09. The number of ether oxygens (including phenoxy) is 1. The standard InChI is InChI=1S/C12H16N4OS/c1-17-10-5-4-9-11(15-10)16(12(13)14-9)8-3-2-6-18-7-8/h4-5,8H,2-3,6-7H2,1H3,(H2,13,14). The van der Waals surface area contributed by atoms with Gasteiger partial charge < -0.3 is 10.5 Å². The molecule has 5 nitrogen and oxygen atoms in total. The SMILES string of the molecule is COc1ccc2nc(N)n(C3CCCSC3)c2n1. The van der Waals surface area contributed by atoms with Crippen LogP contribution in [0.3, 0.4) is 0 Å². The summed E-state index contributed by atoms with van der Waals surface area (Å²) in [5, 5.41) is 0. The second-order valence-corrected chi connectivity index (χ2v) is 5.56. The zero-order valence-electron chi connectivity index (χ0n) is 10.3. The normalized spacial score (nSPS) is 20.2. The molecular weight excluding hydrogens is 248 g/mol. The lowest BCUT2D eigenvalue weighted by Gasteiger charge is -2.23. The van der Waals surface area contributed by atoms with E-state index in [4.69, 9.17) is 10.5 Å². The van der Waals surface area contributed by atoms with Crippen molar-refractivity contribution in [2.24, 2.45) is 0 Å². The van der Waals surface area contributed by atoms with E-state index in [0.717, 1.165) is 23.3 Å². The lowest BCUT2D eigenvalue weighted by atomic mass is 10.2. The first-order chi connectivity index (χ1) is 8.79. The average molecular weight is 264 g/mol. The first-order valence-electron chi connectivity index (χ1n) is 6.06. The van der Waals surface area contributed by atoms with Crippen molar-refractivity contribution in [3.63, 3.8) is 0 Å². The van der Waals surface area contributed by atoms with Crippen LogP contribution in [0.1, 0.15) is 18.9 Å². The van der Waals surface area contributed by atoms with E-state index in [2.05, 4.69) is 14.5 Å². The summed E-state index contributed by atoms with van der Waals surface area (Å²) in [6, 6.07) is 4.12. The molecular formula is C12H16N4OS. The number of nitrogen functional groups attached to an aromatic ring is 1. The second-order valence-electron chi connectivity index (χ2n) is 4.41. The third-order valence-corrected chi connectivity index (χ3v) is 4.45. The van der Waals surface area contributed by atoms with E-state index in [9.17, 15) is 0 Å². The van der Waals surface area contributed by atoms with E-state index in [0.29, 0.717) is 17.9 Å². The van der Waals surface area contributed by atoms with E-state index in [1.807, 2.05) is 23.9 Å². The van der Waals surface area contributed by atoms with Crippen molar-refractivity contribution in [1.82, 2.24) is 14.5 Å². The second kappa shape index (κ2) is 4.68. The summed E-state index contributed by atoms with van der Waals surface area (Å²) < 4.78 is 7.24. The maximum absolute atomic E-state index is 6.04. The maximum atomic E-state index is 6.04. The van der Waals surface area contributed by atoms with Crippen LogP contribution in [0, 0.1) is 0 Å². The van der Waals surface area contributed by atoms with E-state index in [1.54, 1.807) is 7.11 Å². The lowest BCUT2D eigenvalue weighted by molar-refractivity contribution is 0.398. The van der Waals surface area contributed by atoms with Gasteiger partial charge in [0.1, 0.15) is 5.52 Å². The average Bonchev–Trinajstić information content (AvgIpc) is 2.74. The number of imidazole rings is 1. The Kier molecular flexibility index (Phi) is 3.03. The quantitative estimate of drug-likeness (QED) is 0.899. The van der Waals surface area contributed by atoms with Gasteiger partial charge in [0, 0.05) is 17.9 Å². The number of pyridine rings is 1. The number of hydrogen-bond donors (Lipinski definition) is 1. The summed E-state index contributed by atoms with van der Waals surface area (Å²) in [5.41, 5.74) is 7.71. The molecule has 0 aromatic carbocycles. The minimum Gasteiger partial charge on any atom is -0.481 e. The van der Waals surface area contributed by atoms with Gasteiger partial charge in [-0.1, -0.05) is 0 Å². The van der Waals surface area contributed by atoms with Crippen molar-refractivity contribution in [1.29, 1.82) is 0 Å². The number of rotatable bonds is 2. The number of methoxy groups -OCH3 is 1. The first-order valence-corrected chi connectivity index (χ1v) is 7.21. The molecule has 3 rings (SSSR count). The Labute approximate surface area is 110 Å². The van der Waals surface area contributed by atoms with Gasteiger partial charge in [-0.3, -0.25) is 4.57 Å². The van der Waals surface area contributed by atoms with Crippen molar-refractivity contribution < 1.29 is 4.74 Å². The number of thioether (sulfide) groups is 1. The molecule has 3 heterocycles. The minimum atomic E-state index is 0.397. The monoisotopic (exact) mass is 264 g/mol. The van der Waals surface area contributed by atoms with Crippen LogP contribution in [-0.4, -0.2) is 33.2 Å². The van der Waals surface area contributed by atoms with Crippen molar-refractivity contribution >= 4 is 28.9 Å². The van der Waals surface area contributed by atoms with Crippen molar-refractivity contribution in [3.8, 4) is 5.88 Å². The molecule has 0 amide bonds. The molecule has 2 aromatic rings. The molecule has 0 radical (unpaired) electrons. The molecule has 1 aliphatic rings. The third-order valence-electron chi connectivity index (χ3n) is 3.25. The van der Waals surface area contributed by atoms with Gasteiger partial charge in [-0.2, -0.15) is 16.7 Å². The maximum Gasteiger partial charge on any atom is 0.215 e. The van der Waals surface area contributed by atoms with E-state index in [-0.39, 0.29) is 0 Å². The van der Waals surface area contributed by atoms with Gasteiger partial charge in [0.25, 0.3) is 0 Å². The number of nitrogens with two attached hydrogens (primary N) is 1. The number of hydrogen-bond acceptors (Lipinski definition) is 5. The molecule has 6 heteroatoms. The highest BCUT2D eigenvalue weighted by molar-refractivity contribution is 7.99. The van der Waals surface area contributed by atoms with Crippen LogP contribution >= 0.6 is 11.8 Å². The number of nitrogens with zero attached hydrogens (tertiary/aromatic N) is 3. The highest BCUT2D eigenvalue weighted by Crippen LogP contribution is 2.32. The van der Waals surface area contributed by atoms with Gasteiger partial charge in [0.05, 0.1) is 7.11 Å². The Bertz CT molecular complexity index is 562. The number of anilines is 1. The molecule has 2 N–H and O–H groups in total. The topological polar surface area (TPSA) is 66.0 Å². The molecule has 2 aromatic heterocycles. The predicted molar refractivity (Wildman–Crippen MR) is 74.1 cm³/mol. The van der Waals surface area contributed by atoms with Crippen LogP contribution in [0.5, 0.6) is 5.88 Å². The van der Waals surface area contributed by atoms with Gasteiger partial charge in [-0.25, -0.2) is 4.98 Å². The van der Waals surface area contributed by atoms with Crippen LogP contribution in [-0.2, 0) is 0 Å². The largest absolute Gasteiger partial charge is 0.481 e. The Morgan fingerprint density at radius 3 is 3.06 bits per heavy atom. The van der Waals surface area contributed by atoms with Crippen LogP contribution in [0.2, 0.25) is 0 Å². The molecule has 0 aliphatic carbocycles. The van der Waals surface area contributed by atoms with Gasteiger partial charge in [-0.05, 0) is 24.7 Å². The number of aromatic nitrogens is 3. The number of fused-ring (bicyclic) bond motifs is 1. The molecule has 1 fully saturated rings. The fraction of sp³-hybridized carbons (Fsp3) is 0.500. The van der Waals surface area contributed by atoms with Crippen molar-refractivity contribution in [2.75, 3.05) is 24.3 Å². The van der Waals surface area contributed by atoms with Crippen molar-refractivity contribution in [3.05, 3.63) is 12.1 Å². The Morgan fingerprint density at radius 2 is 2.33 bits per heavy atom. The molecule has 18 heavy (non-hydrogen) atoms. The molecule has 1 saturated heterocycles. The third kappa shape index (κ3) is 1.90. The summed E-state index contributed by atoms with van der Waals surface area (Å²) in [6.07, 6.45) is 2.36. The summed E-state index contributed by atoms with van der Waals surface area (Å²) in [7, 11) is 1.62. The molecule has 96 valence electrons. The van der Waals surface area contributed by atoms with E-state index in [1.165, 1.54) is 12.2 Å². The lowest BCUT2D eigenvalue weighted by Crippen LogP contribution is -2.18. The molecule has 1 atom stereocenters. The van der Waals surface area contributed by atoms with Gasteiger partial charge in [0.2, 0.25) is 11.8 Å². The molecule has 0 bridgehead atoms. The molecule has 1 unspecified atom stereocenters. The van der Waals surface area contributed by atoms with E-state index < -0.39 is 0 Å². The molecule has 0 saturated carbocycles. The Morgan fingerprint density at radius 1 is 1.44 bits per heavy atom. The zero-order chi connectivity index (χ0) is 12.5. The van der Waals surface area contributed by atoms with Crippen LogP contribution in [0.25, 0.3) is 11.2 Å². The fourth-order valence-corrected chi connectivity index (χ4v) is 3.50. The minimum absolute atomic E-state index is 0.397. The van der Waals surface area contributed by atoms with Crippen LogP contribution in [0.15, 0.2) is 12.1 Å². The van der Waals surface area contributed by atoms with Gasteiger partial charge in [0.15, 0.2) is 5.65 Å². The van der Waals surface area contributed by atoms with E-state index >= 15 is 0 Å². The Hall–Kier alpha value is -1.43. The Balaban J connectivity index is 2.10. The fourth-order valence-electron chi connectivity index (χ4n) is 2.38. The highest BCUT2D eigenvalue weighted by Gasteiger charge is 2.21. The van der Waals surface area contributed by atoms with Crippen LogP contribution < -0.4 is 10.5 Å². The zero-order valence-corrected chi connectivity index (χ0v) is 11.1. The van der Waals surface area contributed by atoms with Gasteiger partial charge >= 0.3 is 0 Å². The molecule has 0 spiro atoms. The summed E-state index contributed by atoms with van der Waals surface area (Å²) in [5.74, 6) is 3.47. The van der Waals surface area contributed by atoms with Gasteiger partial charge in [-0.15, -0.1) is 0 Å². The highest BCUT2D eigenvalue weighted by atomic mass is 32.2. The summed E-state index contributed by atoms with van der Waals surface area (Å²) in [4.78, 5) is 8.86. The summed E-state index contributed by atoms with van der Waals surface area (Å²) >= 11 is 1.97. The first kappa shape index (κ1) is 11.6. The summed E-state index contributed by atoms with van der Waals surface area (Å²) in [6.45, 7) is 0. The smallest absolute Gasteiger partial charge is 0.215 e. The molecule has 1 aliphatic heterocycles. The van der Waals surface area contributed by atoms with Crippen LogP contribution in [0.4, 0.5) is 5.95 Å². The van der Waals surface area contributed by atoms with Crippen molar-refractivity contribution in [2.45, 2.75) is 18.9 Å².